The van der Waals surface area contributed by atoms with E-state index >= 15 is 0 Å². The number of nitriles is 1. The van der Waals surface area contributed by atoms with Gasteiger partial charge in [-0.15, -0.1) is 5.10 Å². The Morgan fingerprint density at radius 1 is 1.37 bits per heavy atom. The summed E-state index contributed by atoms with van der Waals surface area (Å²) in [5.74, 6) is 1.06. The van der Waals surface area contributed by atoms with Crippen LogP contribution in [-0.2, 0) is 0 Å². The van der Waals surface area contributed by atoms with Gasteiger partial charge in [0.1, 0.15) is 11.6 Å². The van der Waals surface area contributed by atoms with E-state index in [9.17, 15) is 0 Å². The Hall–Kier alpha value is -2.62. The van der Waals surface area contributed by atoms with Gasteiger partial charge in [0.15, 0.2) is 11.6 Å². The Balaban J connectivity index is 2.59. The molecule has 0 saturated heterocycles. The quantitative estimate of drug-likeness (QED) is 0.854. The van der Waals surface area contributed by atoms with Gasteiger partial charge in [-0.3, -0.25) is 0 Å². The maximum Gasteiger partial charge on any atom is 0.253 e. The number of rotatable bonds is 3. The minimum absolute atomic E-state index is 0.239. The molecule has 2 heterocycles. The molecule has 0 aliphatic rings. The van der Waals surface area contributed by atoms with Crippen molar-refractivity contribution in [3.8, 4) is 12.0 Å². The normalized spacial score (nSPS) is 10.2. The maximum absolute atomic E-state index is 9.13. The monoisotopic (exact) mass is 257 g/mol. The summed E-state index contributed by atoms with van der Waals surface area (Å²) in [5.41, 5.74) is 7.89. The van der Waals surface area contributed by atoms with Crippen molar-refractivity contribution >= 4 is 11.6 Å². The lowest BCUT2D eigenvalue weighted by molar-refractivity contribution is 0.803. The first-order chi connectivity index (χ1) is 9.06. The molecule has 0 atom stereocenters. The Kier molecular flexibility index (Phi) is 3.33. The fourth-order valence-corrected chi connectivity index (χ4v) is 1.79. The van der Waals surface area contributed by atoms with Crippen molar-refractivity contribution in [1.82, 2.24) is 19.7 Å². The molecule has 0 bridgehead atoms. The molecule has 0 unspecified atom stereocenters. The van der Waals surface area contributed by atoms with E-state index in [4.69, 9.17) is 11.0 Å². The van der Waals surface area contributed by atoms with E-state index in [0.717, 1.165) is 11.4 Å². The number of anilines is 2. The third-order valence-electron chi connectivity index (χ3n) is 2.54. The van der Waals surface area contributed by atoms with E-state index in [1.54, 1.807) is 0 Å². The van der Waals surface area contributed by atoms with Crippen LogP contribution in [-0.4, -0.2) is 26.3 Å². The number of nitrogen functional groups attached to an aromatic ring is 1. The van der Waals surface area contributed by atoms with Gasteiger partial charge in [0.25, 0.3) is 5.95 Å². The van der Waals surface area contributed by atoms with Gasteiger partial charge in [-0.05, 0) is 26.8 Å². The molecule has 7 nitrogen and oxygen atoms in total. The average molecular weight is 257 g/mol. The lowest BCUT2D eigenvalue weighted by atomic mass is 10.3. The van der Waals surface area contributed by atoms with Crippen molar-refractivity contribution in [2.24, 2.45) is 0 Å². The molecule has 0 amide bonds. The van der Waals surface area contributed by atoms with E-state index in [0.29, 0.717) is 23.9 Å². The molecule has 0 saturated carbocycles. The standard InChI is InChI=1S/C12H15N7/c1-4-15-11-9(6-13)10(14)19(18-11)12-16-7(2)5-8(3)17-12/h5H,4,14H2,1-3H3,(H,15,18). The third kappa shape index (κ3) is 2.33. The van der Waals surface area contributed by atoms with Crippen molar-refractivity contribution in [2.75, 3.05) is 17.6 Å². The van der Waals surface area contributed by atoms with E-state index < -0.39 is 0 Å². The van der Waals surface area contributed by atoms with Gasteiger partial charge in [0.2, 0.25) is 0 Å². The highest BCUT2D eigenvalue weighted by molar-refractivity contribution is 5.65. The largest absolute Gasteiger partial charge is 0.382 e. The lowest BCUT2D eigenvalue weighted by Crippen LogP contribution is -2.08. The summed E-state index contributed by atoms with van der Waals surface area (Å²) in [6.45, 7) is 6.31. The predicted octanol–water partition coefficient (Wildman–Crippen LogP) is 1.16. The van der Waals surface area contributed by atoms with Crippen LogP contribution in [0.15, 0.2) is 6.07 Å². The van der Waals surface area contributed by atoms with Gasteiger partial charge >= 0.3 is 0 Å². The van der Waals surface area contributed by atoms with E-state index in [-0.39, 0.29) is 5.82 Å². The first-order valence-electron chi connectivity index (χ1n) is 5.92. The van der Waals surface area contributed by atoms with Crippen LogP contribution in [0, 0.1) is 25.2 Å². The SMILES string of the molecule is CCNc1nn(-c2nc(C)cc(C)n2)c(N)c1C#N. The second-order valence-electron chi connectivity index (χ2n) is 4.11. The first-order valence-corrected chi connectivity index (χ1v) is 5.92. The first kappa shape index (κ1) is 12.8. The van der Waals surface area contributed by atoms with Crippen LogP contribution in [0.2, 0.25) is 0 Å². The Morgan fingerprint density at radius 3 is 2.53 bits per heavy atom. The summed E-state index contributed by atoms with van der Waals surface area (Å²) >= 11 is 0. The summed E-state index contributed by atoms with van der Waals surface area (Å²) < 4.78 is 1.39. The van der Waals surface area contributed by atoms with Gasteiger partial charge < -0.3 is 11.1 Å². The smallest absolute Gasteiger partial charge is 0.253 e. The third-order valence-corrected chi connectivity index (χ3v) is 2.54. The van der Waals surface area contributed by atoms with Gasteiger partial charge in [0, 0.05) is 17.9 Å². The zero-order valence-electron chi connectivity index (χ0n) is 11.1. The molecule has 0 radical (unpaired) electrons. The molecule has 0 aromatic carbocycles. The number of aromatic nitrogens is 4. The summed E-state index contributed by atoms with van der Waals surface area (Å²) in [6, 6.07) is 3.90. The van der Waals surface area contributed by atoms with Crippen molar-refractivity contribution in [3.05, 3.63) is 23.0 Å². The second kappa shape index (κ2) is 4.94. The Labute approximate surface area is 111 Å². The number of hydrogen-bond acceptors (Lipinski definition) is 6. The van der Waals surface area contributed by atoms with Crippen LogP contribution in [0.1, 0.15) is 23.9 Å². The van der Waals surface area contributed by atoms with Gasteiger partial charge in [-0.2, -0.15) is 9.94 Å². The van der Waals surface area contributed by atoms with E-state index in [1.165, 1.54) is 4.68 Å². The Morgan fingerprint density at radius 2 is 2.00 bits per heavy atom. The lowest BCUT2D eigenvalue weighted by Gasteiger charge is -2.04. The van der Waals surface area contributed by atoms with Crippen molar-refractivity contribution in [2.45, 2.75) is 20.8 Å². The number of nitrogens with one attached hydrogen (secondary N) is 1. The van der Waals surface area contributed by atoms with Crippen LogP contribution < -0.4 is 11.1 Å². The van der Waals surface area contributed by atoms with Gasteiger partial charge in [-0.25, -0.2) is 9.97 Å². The minimum Gasteiger partial charge on any atom is -0.382 e. The molecule has 0 aliphatic heterocycles. The molecule has 2 aromatic heterocycles. The molecule has 0 spiro atoms. The second-order valence-corrected chi connectivity index (χ2v) is 4.11. The minimum atomic E-state index is 0.239. The van der Waals surface area contributed by atoms with Crippen LogP contribution in [0.3, 0.4) is 0 Å². The van der Waals surface area contributed by atoms with Crippen LogP contribution in [0.4, 0.5) is 11.6 Å². The summed E-state index contributed by atoms with van der Waals surface area (Å²) in [6.07, 6.45) is 0. The molecule has 98 valence electrons. The molecule has 0 aliphatic carbocycles. The van der Waals surface area contributed by atoms with Crippen LogP contribution in [0.25, 0.3) is 5.95 Å². The molecule has 7 heteroatoms. The number of nitrogens with zero attached hydrogens (tertiary/aromatic N) is 5. The van der Waals surface area contributed by atoms with Crippen molar-refractivity contribution in [3.63, 3.8) is 0 Å². The average Bonchev–Trinajstić information content (AvgIpc) is 2.65. The predicted molar refractivity (Wildman–Crippen MR) is 71.9 cm³/mol. The van der Waals surface area contributed by atoms with Crippen molar-refractivity contribution in [1.29, 1.82) is 5.26 Å². The number of nitrogens with two attached hydrogens (primary N) is 1. The summed E-state index contributed by atoms with van der Waals surface area (Å²) in [5, 5.41) is 16.4. The van der Waals surface area contributed by atoms with Gasteiger partial charge in [0.05, 0.1) is 0 Å². The van der Waals surface area contributed by atoms with E-state index in [2.05, 4.69) is 20.4 Å². The number of aryl methyl sites for hydroxylation is 2. The Bertz CT molecular complexity index is 631. The summed E-state index contributed by atoms with van der Waals surface area (Å²) in [4.78, 5) is 8.57. The molecular weight excluding hydrogens is 242 g/mol. The highest BCUT2D eigenvalue weighted by atomic mass is 15.4. The number of hydrogen-bond donors (Lipinski definition) is 2. The zero-order chi connectivity index (χ0) is 14.0. The van der Waals surface area contributed by atoms with Crippen molar-refractivity contribution < 1.29 is 0 Å². The van der Waals surface area contributed by atoms with Crippen LogP contribution >= 0.6 is 0 Å². The fraction of sp³-hybridized carbons (Fsp3) is 0.333. The van der Waals surface area contributed by atoms with Crippen LogP contribution in [0.5, 0.6) is 0 Å². The molecule has 0 fully saturated rings. The van der Waals surface area contributed by atoms with E-state index in [1.807, 2.05) is 32.9 Å². The molecule has 3 N–H and O–H groups in total. The molecule has 2 rings (SSSR count). The maximum atomic E-state index is 9.13. The summed E-state index contributed by atoms with van der Waals surface area (Å²) in [7, 11) is 0. The zero-order valence-corrected chi connectivity index (χ0v) is 11.1. The molecule has 19 heavy (non-hydrogen) atoms. The fourth-order valence-electron chi connectivity index (χ4n) is 1.79. The molecule has 2 aromatic rings. The molecular formula is C12H15N7. The topological polar surface area (TPSA) is 105 Å². The highest BCUT2D eigenvalue weighted by Crippen LogP contribution is 2.22. The van der Waals surface area contributed by atoms with Gasteiger partial charge in [-0.1, -0.05) is 0 Å². The highest BCUT2D eigenvalue weighted by Gasteiger charge is 2.17.